The normalized spacial score (nSPS) is 16.4. The van der Waals surface area contributed by atoms with Gasteiger partial charge in [-0.3, -0.25) is 0 Å². The molecular weight excluding hydrogens is 308 g/mol. The van der Waals surface area contributed by atoms with Crippen molar-refractivity contribution in [1.29, 1.82) is 0 Å². The highest BCUT2D eigenvalue weighted by atomic mass is 35.5. The molecule has 114 valence electrons. The second-order valence-corrected chi connectivity index (χ2v) is 5.94. The standard InChI is InChI=1S/C11H16N2O5S.ClH/c1-17-11(14)8-6-10(18-7-8)19(15,16)13-9-2-4-12-5-3-9;/h6-7,9,12-13H,2-5H2,1H3;1H. The minimum absolute atomic E-state index is 0. The van der Waals surface area contributed by atoms with Crippen LogP contribution in [0.4, 0.5) is 0 Å². The molecule has 0 atom stereocenters. The molecule has 1 fully saturated rings. The van der Waals surface area contributed by atoms with E-state index in [1.807, 2.05) is 0 Å². The maximum absolute atomic E-state index is 12.0. The molecule has 1 aromatic rings. The molecule has 1 aliphatic rings. The van der Waals surface area contributed by atoms with Gasteiger partial charge in [0.05, 0.1) is 12.7 Å². The van der Waals surface area contributed by atoms with E-state index in [9.17, 15) is 13.2 Å². The number of hydrogen-bond donors (Lipinski definition) is 2. The molecule has 2 rings (SSSR count). The molecule has 20 heavy (non-hydrogen) atoms. The predicted octanol–water partition coefficient (Wildman–Crippen LogP) is 0.518. The van der Waals surface area contributed by atoms with Crippen LogP contribution < -0.4 is 10.0 Å². The number of piperidine rings is 1. The Bertz CT molecular complexity index is 551. The summed E-state index contributed by atoms with van der Waals surface area (Å²) in [6, 6.07) is 1.05. The quantitative estimate of drug-likeness (QED) is 0.784. The van der Waals surface area contributed by atoms with Gasteiger partial charge in [-0.05, 0) is 25.9 Å². The lowest BCUT2D eigenvalue weighted by atomic mass is 10.1. The maximum atomic E-state index is 12.0. The molecule has 0 unspecified atom stereocenters. The smallest absolute Gasteiger partial charge is 0.341 e. The molecule has 2 N–H and O–H groups in total. The van der Waals surface area contributed by atoms with Gasteiger partial charge in [0.2, 0.25) is 5.09 Å². The Kier molecular flexibility index (Phi) is 6.00. The van der Waals surface area contributed by atoms with Crippen molar-refractivity contribution in [3.05, 3.63) is 17.9 Å². The predicted molar refractivity (Wildman–Crippen MR) is 73.5 cm³/mol. The van der Waals surface area contributed by atoms with Crippen molar-refractivity contribution in [2.75, 3.05) is 20.2 Å². The van der Waals surface area contributed by atoms with Gasteiger partial charge in [0.1, 0.15) is 6.26 Å². The third-order valence-electron chi connectivity index (χ3n) is 2.92. The number of methoxy groups -OCH3 is 1. The largest absolute Gasteiger partial charge is 0.465 e. The Balaban J connectivity index is 0.00000200. The Hall–Kier alpha value is -1.09. The zero-order valence-electron chi connectivity index (χ0n) is 10.9. The zero-order chi connectivity index (χ0) is 13.9. The molecule has 9 heteroatoms. The fourth-order valence-electron chi connectivity index (χ4n) is 1.90. The van der Waals surface area contributed by atoms with Crippen molar-refractivity contribution in [1.82, 2.24) is 10.0 Å². The molecule has 0 aliphatic carbocycles. The van der Waals surface area contributed by atoms with Crippen LogP contribution in [0.3, 0.4) is 0 Å². The van der Waals surface area contributed by atoms with Crippen LogP contribution in [-0.4, -0.2) is 40.6 Å². The highest BCUT2D eigenvalue weighted by molar-refractivity contribution is 7.89. The van der Waals surface area contributed by atoms with Crippen molar-refractivity contribution in [2.45, 2.75) is 24.0 Å². The lowest BCUT2D eigenvalue weighted by Crippen LogP contribution is -2.42. The van der Waals surface area contributed by atoms with Crippen LogP contribution in [0.5, 0.6) is 0 Å². The molecule has 0 amide bonds. The van der Waals surface area contributed by atoms with Gasteiger partial charge in [-0.2, -0.15) is 0 Å². The van der Waals surface area contributed by atoms with Crippen LogP contribution in [0, 0.1) is 0 Å². The first-order valence-electron chi connectivity index (χ1n) is 5.93. The van der Waals surface area contributed by atoms with Crippen molar-refractivity contribution in [3.8, 4) is 0 Å². The van der Waals surface area contributed by atoms with Gasteiger partial charge in [-0.15, -0.1) is 12.4 Å². The number of rotatable bonds is 4. The van der Waals surface area contributed by atoms with E-state index in [1.54, 1.807) is 0 Å². The lowest BCUT2D eigenvalue weighted by molar-refractivity contribution is 0.0600. The third kappa shape index (κ3) is 3.95. The van der Waals surface area contributed by atoms with Crippen LogP contribution in [-0.2, 0) is 14.8 Å². The number of carbonyl (C=O) groups excluding carboxylic acids is 1. The Morgan fingerprint density at radius 3 is 2.70 bits per heavy atom. The van der Waals surface area contributed by atoms with Crippen LogP contribution >= 0.6 is 12.4 Å². The van der Waals surface area contributed by atoms with Crippen LogP contribution in [0.25, 0.3) is 0 Å². The zero-order valence-corrected chi connectivity index (χ0v) is 12.6. The number of halogens is 1. The molecule has 1 aromatic heterocycles. The topological polar surface area (TPSA) is 97.6 Å². The van der Waals surface area contributed by atoms with Crippen LogP contribution in [0.15, 0.2) is 21.8 Å². The Morgan fingerprint density at radius 2 is 2.10 bits per heavy atom. The summed E-state index contributed by atoms with van der Waals surface area (Å²) in [6.07, 6.45) is 2.52. The van der Waals surface area contributed by atoms with Crippen molar-refractivity contribution < 1.29 is 22.4 Å². The second kappa shape index (κ2) is 7.07. The molecule has 0 radical (unpaired) electrons. The van der Waals surface area contributed by atoms with Crippen molar-refractivity contribution >= 4 is 28.4 Å². The summed E-state index contributed by atoms with van der Waals surface area (Å²) >= 11 is 0. The van der Waals surface area contributed by atoms with E-state index >= 15 is 0 Å². The molecule has 1 saturated heterocycles. The number of ether oxygens (including phenoxy) is 1. The first-order valence-corrected chi connectivity index (χ1v) is 7.41. The third-order valence-corrected chi connectivity index (χ3v) is 4.31. The SMILES string of the molecule is COC(=O)c1coc(S(=O)(=O)NC2CCNCC2)c1.Cl. The van der Waals surface area contributed by atoms with E-state index in [4.69, 9.17) is 4.42 Å². The average Bonchev–Trinajstić information content (AvgIpc) is 2.89. The summed E-state index contributed by atoms with van der Waals surface area (Å²) in [6.45, 7) is 1.55. The number of hydrogen-bond acceptors (Lipinski definition) is 6. The molecular formula is C11H17ClN2O5S. The number of sulfonamides is 1. The molecule has 7 nitrogen and oxygen atoms in total. The highest BCUT2D eigenvalue weighted by Gasteiger charge is 2.25. The summed E-state index contributed by atoms with van der Waals surface area (Å²) < 4.78 is 36.1. The average molecular weight is 325 g/mol. The number of furan rings is 1. The van der Waals surface area contributed by atoms with Crippen molar-refractivity contribution in [2.24, 2.45) is 0 Å². The lowest BCUT2D eigenvalue weighted by Gasteiger charge is -2.22. The first kappa shape index (κ1) is 17.0. The highest BCUT2D eigenvalue weighted by Crippen LogP contribution is 2.16. The molecule has 0 bridgehead atoms. The molecule has 0 saturated carbocycles. The maximum Gasteiger partial charge on any atom is 0.341 e. The Labute approximate surface area is 123 Å². The second-order valence-electron chi connectivity index (χ2n) is 4.29. The molecule has 0 aromatic carbocycles. The summed E-state index contributed by atoms with van der Waals surface area (Å²) in [5, 5.41) is 2.88. The minimum Gasteiger partial charge on any atom is -0.465 e. The van der Waals surface area contributed by atoms with E-state index in [2.05, 4.69) is 14.8 Å². The van der Waals surface area contributed by atoms with E-state index in [0.717, 1.165) is 38.3 Å². The first-order chi connectivity index (χ1) is 9.03. The van der Waals surface area contributed by atoms with Gasteiger partial charge in [-0.1, -0.05) is 0 Å². The van der Waals surface area contributed by atoms with Gasteiger partial charge >= 0.3 is 5.97 Å². The van der Waals surface area contributed by atoms with Gasteiger partial charge in [0.15, 0.2) is 0 Å². The van der Waals surface area contributed by atoms with Gasteiger partial charge < -0.3 is 14.5 Å². The fraction of sp³-hybridized carbons (Fsp3) is 0.545. The molecule has 1 aliphatic heterocycles. The van der Waals surface area contributed by atoms with Crippen LogP contribution in [0.1, 0.15) is 23.2 Å². The van der Waals surface area contributed by atoms with Gasteiger partial charge in [0.25, 0.3) is 10.0 Å². The number of nitrogens with one attached hydrogen (secondary N) is 2. The molecule has 0 spiro atoms. The summed E-state index contributed by atoms with van der Waals surface area (Å²) in [5.74, 6) is -0.632. The monoisotopic (exact) mass is 324 g/mol. The summed E-state index contributed by atoms with van der Waals surface area (Å²) in [4.78, 5) is 11.2. The summed E-state index contributed by atoms with van der Waals surface area (Å²) in [5.41, 5.74) is 0.0770. The van der Waals surface area contributed by atoms with Gasteiger partial charge in [0, 0.05) is 12.1 Å². The van der Waals surface area contributed by atoms with E-state index in [1.165, 1.54) is 7.11 Å². The van der Waals surface area contributed by atoms with E-state index in [-0.39, 0.29) is 29.1 Å². The Morgan fingerprint density at radius 1 is 1.45 bits per heavy atom. The number of esters is 1. The van der Waals surface area contributed by atoms with Crippen LogP contribution in [0.2, 0.25) is 0 Å². The fourth-order valence-corrected chi connectivity index (χ4v) is 3.15. The summed E-state index contributed by atoms with van der Waals surface area (Å²) in [7, 11) is -2.51. The van der Waals surface area contributed by atoms with E-state index < -0.39 is 16.0 Å². The number of carbonyl (C=O) groups is 1. The van der Waals surface area contributed by atoms with E-state index in [0.29, 0.717) is 0 Å². The molecule has 2 heterocycles. The van der Waals surface area contributed by atoms with Crippen molar-refractivity contribution in [3.63, 3.8) is 0 Å². The minimum atomic E-state index is -3.73. The van der Waals surface area contributed by atoms with Gasteiger partial charge in [-0.25, -0.2) is 17.9 Å².